The summed E-state index contributed by atoms with van der Waals surface area (Å²) < 4.78 is 0. The molecule has 1 aromatic heterocycles. The van der Waals surface area contributed by atoms with E-state index in [0.29, 0.717) is 16.3 Å². The number of aromatic nitrogens is 1. The van der Waals surface area contributed by atoms with Crippen molar-refractivity contribution in [2.45, 2.75) is 13.3 Å². The largest absolute Gasteiger partial charge is 0.370 e. The molecular formula is C15H16ClN3O. The number of carbonyl (C=O) groups is 1. The van der Waals surface area contributed by atoms with Gasteiger partial charge in [0.15, 0.2) is 0 Å². The van der Waals surface area contributed by atoms with Gasteiger partial charge < -0.3 is 10.6 Å². The molecule has 2 aromatic rings. The van der Waals surface area contributed by atoms with Gasteiger partial charge in [-0.3, -0.25) is 4.79 Å². The molecule has 0 aliphatic heterocycles. The summed E-state index contributed by atoms with van der Waals surface area (Å²) in [5.41, 5.74) is 1.17. The minimum Gasteiger partial charge on any atom is -0.370 e. The third-order valence-corrected chi connectivity index (χ3v) is 2.90. The van der Waals surface area contributed by atoms with E-state index in [1.165, 1.54) is 0 Å². The van der Waals surface area contributed by atoms with Crippen LogP contribution in [-0.4, -0.2) is 17.4 Å². The number of nitrogens with one attached hydrogen (secondary N) is 2. The van der Waals surface area contributed by atoms with Crippen LogP contribution in [0.5, 0.6) is 0 Å². The first-order valence-electron chi connectivity index (χ1n) is 6.46. The van der Waals surface area contributed by atoms with Crippen molar-refractivity contribution in [3.8, 4) is 0 Å². The number of benzene rings is 1. The SMILES string of the molecule is CCCNc1ccc(NC(=O)c2cccc(Cl)c2)cn1. The van der Waals surface area contributed by atoms with E-state index in [1.807, 2.05) is 12.1 Å². The quantitative estimate of drug-likeness (QED) is 0.880. The molecule has 1 amide bonds. The maximum atomic E-state index is 12.0. The lowest BCUT2D eigenvalue weighted by atomic mass is 10.2. The van der Waals surface area contributed by atoms with E-state index < -0.39 is 0 Å². The molecule has 0 aliphatic rings. The van der Waals surface area contributed by atoms with E-state index in [2.05, 4.69) is 22.5 Å². The molecule has 4 nitrogen and oxygen atoms in total. The second kappa shape index (κ2) is 6.91. The average molecular weight is 290 g/mol. The molecule has 2 N–H and O–H groups in total. The number of anilines is 2. The Morgan fingerprint density at radius 2 is 2.15 bits per heavy atom. The van der Waals surface area contributed by atoms with Crippen LogP contribution in [-0.2, 0) is 0 Å². The number of hydrogen-bond acceptors (Lipinski definition) is 3. The first-order valence-corrected chi connectivity index (χ1v) is 6.83. The van der Waals surface area contributed by atoms with Crippen molar-refractivity contribution >= 4 is 29.0 Å². The zero-order valence-corrected chi connectivity index (χ0v) is 11.9. The van der Waals surface area contributed by atoms with Gasteiger partial charge >= 0.3 is 0 Å². The third-order valence-electron chi connectivity index (χ3n) is 2.66. The zero-order valence-electron chi connectivity index (χ0n) is 11.2. The Morgan fingerprint density at radius 3 is 2.80 bits per heavy atom. The van der Waals surface area contributed by atoms with Crippen LogP contribution < -0.4 is 10.6 Å². The Bertz CT molecular complexity index is 584. The number of nitrogens with zero attached hydrogens (tertiary/aromatic N) is 1. The second-order valence-electron chi connectivity index (χ2n) is 4.32. The van der Waals surface area contributed by atoms with Crippen LogP contribution in [0.2, 0.25) is 5.02 Å². The standard InChI is InChI=1S/C15H16ClN3O/c1-2-8-17-14-7-6-13(10-18-14)19-15(20)11-4-3-5-12(16)9-11/h3-7,9-10H,2,8H2,1H3,(H,17,18)(H,19,20). The Hall–Kier alpha value is -2.07. The van der Waals surface area contributed by atoms with Crippen LogP contribution in [0.4, 0.5) is 11.5 Å². The molecule has 0 saturated heterocycles. The smallest absolute Gasteiger partial charge is 0.255 e. The molecule has 1 aromatic carbocycles. The fourth-order valence-electron chi connectivity index (χ4n) is 1.66. The number of carbonyl (C=O) groups excluding carboxylic acids is 1. The van der Waals surface area contributed by atoms with Crippen molar-refractivity contribution in [1.82, 2.24) is 4.98 Å². The summed E-state index contributed by atoms with van der Waals surface area (Å²) in [6, 6.07) is 10.5. The predicted molar refractivity (Wildman–Crippen MR) is 82.4 cm³/mol. The summed E-state index contributed by atoms with van der Waals surface area (Å²) >= 11 is 5.86. The van der Waals surface area contributed by atoms with Crippen LogP contribution in [0, 0.1) is 0 Å². The summed E-state index contributed by atoms with van der Waals surface area (Å²) in [5.74, 6) is 0.594. The Labute approximate surface area is 123 Å². The number of rotatable bonds is 5. The molecule has 2 rings (SSSR count). The minimum atomic E-state index is -0.205. The van der Waals surface area contributed by atoms with E-state index in [0.717, 1.165) is 18.8 Å². The first kappa shape index (κ1) is 14.3. The van der Waals surface area contributed by atoms with Crippen LogP contribution >= 0.6 is 11.6 Å². The van der Waals surface area contributed by atoms with Crippen molar-refractivity contribution < 1.29 is 4.79 Å². The number of hydrogen-bond donors (Lipinski definition) is 2. The number of halogens is 1. The second-order valence-corrected chi connectivity index (χ2v) is 4.76. The average Bonchev–Trinajstić information content (AvgIpc) is 2.46. The monoisotopic (exact) mass is 289 g/mol. The van der Waals surface area contributed by atoms with Gasteiger partial charge in [-0.25, -0.2) is 4.98 Å². The summed E-state index contributed by atoms with van der Waals surface area (Å²) in [7, 11) is 0. The Balaban J connectivity index is 2.01. The van der Waals surface area contributed by atoms with Crippen molar-refractivity contribution in [3.05, 3.63) is 53.2 Å². The van der Waals surface area contributed by atoms with Gasteiger partial charge in [-0.05, 0) is 36.8 Å². The normalized spacial score (nSPS) is 10.1. The molecule has 0 aliphatic carbocycles. The first-order chi connectivity index (χ1) is 9.69. The molecule has 0 radical (unpaired) electrons. The lowest BCUT2D eigenvalue weighted by Gasteiger charge is -2.07. The lowest BCUT2D eigenvalue weighted by molar-refractivity contribution is 0.102. The van der Waals surface area contributed by atoms with Crippen LogP contribution in [0.25, 0.3) is 0 Å². The summed E-state index contributed by atoms with van der Waals surface area (Å²) in [6.07, 6.45) is 2.66. The molecule has 0 bridgehead atoms. The van der Waals surface area contributed by atoms with Crippen LogP contribution in [0.1, 0.15) is 23.7 Å². The minimum absolute atomic E-state index is 0.205. The van der Waals surface area contributed by atoms with Crippen molar-refractivity contribution in [1.29, 1.82) is 0 Å². The Kier molecular flexibility index (Phi) is 4.96. The van der Waals surface area contributed by atoms with Crippen molar-refractivity contribution in [3.63, 3.8) is 0 Å². The van der Waals surface area contributed by atoms with Gasteiger partial charge in [0.1, 0.15) is 5.82 Å². The molecule has 1 heterocycles. The molecular weight excluding hydrogens is 274 g/mol. The molecule has 20 heavy (non-hydrogen) atoms. The molecule has 5 heteroatoms. The van der Waals surface area contributed by atoms with Gasteiger partial charge in [0.05, 0.1) is 11.9 Å². The van der Waals surface area contributed by atoms with Gasteiger partial charge in [-0.15, -0.1) is 0 Å². The summed E-state index contributed by atoms with van der Waals surface area (Å²) in [4.78, 5) is 16.2. The van der Waals surface area contributed by atoms with Gasteiger partial charge in [-0.1, -0.05) is 24.6 Å². The maximum absolute atomic E-state index is 12.0. The summed E-state index contributed by atoms with van der Waals surface area (Å²) in [5, 5.41) is 6.49. The van der Waals surface area contributed by atoms with Crippen molar-refractivity contribution in [2.24, 2.45) is 0 Å². The molecule has 0 saturated carbocycles. The predicted octanol–water partition coefficient (Wildman–Crippen LogP) is 3.81. The van der Waals surface area contributed by atoms with Gasteiger partial charge in [0, 0.05) is 17.1 Å². The number of amides is 1. The van der Waals surface area contributed by atoms with E-state index in [1.54, 1.807) is 30.5 Å². The van der Waals surface area contributed by atoms with Gasteiger partial charge in [-0.2, -0.15) is 0 Å². The van der Waals surface area contributed by atoms with Gasteiger partial charge in [0.25, 0.3) is 5.91 Å². The molecule has 0 unspecified atom stereocenters. The molecule has 0 atom stereocenters. The lowest BCUT2D eigenvalue weighted by Crippen LogP contribution is -2.12. The highest BCUT2D eigenvalue weighted by Crippen LogP contribution is 2.14. The molecule has 104 valence electrons. The Morgan fingerprint density at radius 1 is 1.30 bits per heavy atom. The van der Waals surface area contributed by atoms with Crippen LogP contribution in [0.15, 0.2) is 42.6 Å². The van der Waals surface area contributed by atoms with E-state index >= 15 is 0 Å². The highest BCUT2D eigenvalue weighted by Gasteiger charge is 2.06. The fraction of sp³-hybridized carbons (Fsp3) is 0.200. The third kappa shape index (κ3) is 3.96. The molecule has 0 fully saturated rings. The maximum Gasteiger partial charge on any atom is 0.255 e. The highest BCUT2D eigenvalue weighted by atomic mass is 35.5. The highest BCUT2D eigenvalue weighted by molar-refractivity contribution is 6.31. The van der Waals surface area contributed by atoms with Crippen molar-refractivity contribution in [2.75, 3.05) is 17.2 Å². The van der Waals surface area contributed by atoms with E-state index in [4.69, 9.17) is 11.6 Å². The van der Waals surface area contributed by atoms with Crippen LogP contribution in [0.3, 0.4) is 0 Å². The van der Waals surface area contributed by atoms with E-state index in [9.17, 15) is 4.79 Å². The van der Waals surface area contributed by atoms with Gasteiger partial charge in [0.2, 0.25) is 0 Å². The topological polar surface area (TPSA) is 54.0 Å². The molecule has 0 spiro atoms. The van der Waals surface area contributed by atoms with E-state index in [-0.39, 0.29) is 5.91 Å². The zero-order chi connectivity index (χ0) is 14.4. The number of pyridine rings is 1. The fourth-order valence-corrected chi connectivity index (χ4v) is 1.85. The summed E-state index contributed by atoms with van der Waals surface area (Å²) in [6.45, 7) is 2.97.